The molecule has 2 unspecified atom stereocenters. The maximum Gasteiger partial charge on any atom is 0.238 e. The fraction of sp³-hybridized carbons (Fsp3) is 0.909. The summed E-state index contributed by atoms with van der Waals surface area (Å²) in [5.41, 5.74) is 10.2. The van der Waals surface area contributed by atoms with E-state index in [0.717, 1.165) is 26.2 Å². The number of rotatable bonds is 4. The zero-order chi connectivity index (χ0) is 12.3. The van der Waals surface area contributed by atoms with Crippen LogP contribution >= 0.6 is 0 Å². The zero-order valence-corrected chi connectivity index (χ0v) is 10.6. The monoisotopic (exact) mass is 228 g/mol. The van der Waals surface area contributed by atoms with Crippen molar-refractivity contribution in [1.29, 1.82) is 0 Å². The molecule has 0 radical (unpaired) electrons. The molecule has 1 aliphatic heterocycles. The van der Waals surface area contributed by atoms with Crippen LogP contribution in [0.25, 0.3) is 0 Å². The van der Waals surface area contributed by atoms with Crippen LogP contribution in [0, 0.1) is 0 Å². The lowest BCUT2D eigenvalue weighted by atomic mass is 10.0. The van der Waals surface area contributed by atoms with Crippen LogP contribution < -0.4 is 11.5 Å². The molecule has 0 aliphatic carbocycles. The van der Waals surface area contributed by atoms with Crippen LogP contribution in [0.15, 0.2) is 0 Å². The van der Waals surface area contributed by atoms with Crippen molar-refractivity contribution in [3.63, 3.8) is 0 Å². The summed E-state index contributed by atoms with van der Waals surface area (Å²) in [6.45, 7) is 10.6. The number of carbonyl (C=O) groups is 1. The van der Waals surface area contributed by atoms with E-state index < -0.39 is 11.4 Å². The Bertz CT molecular complexity index is 254. The molecule has 16 heavy (non-hydrogen) atoms. The molecule has 94 valence electrons. The van der Waals surface area contributed by atoms with Crippen molar-refractivity contribution < 1.29 is 4.79 Å². The van der Waals surface area contributed by atoms with Crippen LogP contribution in [-0.4, -0.2) is 60.0 Å². The highest BCUT2D eigenvalue weighted by atomic mass is 16.1. The van der Waals surface area contributed by atoms with Gasteiger partial charge in [0.2, 0.25) is 5.91 Å². The molecule has 0 aromatic rings. The maximum absolute atomic E-state index is 11.2. The number of likely N-dealkylation sites (N-methyl/N-ethyl adjacent to an activating group) is 1. The number of primary amides is 1. The minimum absolute atomic E-state index is 0.432. The quantitative estimate of drug-likeness (QED) is 0.661. The molecule has 1 aliphatic rings. The predicted octanol–water partition coefficient (Wildman–Crippen LogP) is -0.785. The molecule has 0 bridgehead atoms. The average molecular weight is 228 g/mol. The van der Waals surface area contributed by atoms with Gasteiger partial charge < -0.3 is 11.5 Å². The SMILES string of the molecule is CCN1CCN(CC(C)(N)C(N)=O)CC1C. The van der Waals surface area contributed by atoms with E-state index in [9.17, 15) is 4.79 Å². The average Bonchev–Trinajstić information content (AvgIpc) is 2.17. The first-order chi connectivity index (χ1) is 7.36. The summed E-state index contributed by atoms with van der Waals surface area (Å²) in [6, 6.07) is 0.516. The lowest BCUT2D eigenvalue weighted by Gasteiger charge is -2.41. The minimum atomic E-state index is -0.923. The van der Waals surface area contributed by atoms with Gasteiger partial charge in [-0.1, -0.05) is 6.92 Å². The Hall–Kier alpha value is -0.650. The van der Waals surface area contributed by atoms with Crippen LogP contribution in [0.3, 0.4) is 0 Å². The molecule has 5 heteroatoms. The van der Waals surface area contributed by atoms with Crippen molar-refractivity contribution in [3.8, 4) is 0 Å². The summed E-state index contributed by atoms with van der Waals surface area (Å²) in [7, 11) is 0. The fourth-order valence-corrected chi connectivity index (χ4v) is 2.23. The van der Waals surface area contributed by atoms with E-state index in [1.54, 1.807) is 6.92 Å². The van der Waals surface area contributed by atoms with Gasteiger partial charge >= 0.3 is 0 Å². The lowest BCUT2D eigenvalue weighted by Crippen LogP contribution is -2.61. The van der Waals surface area contributed by atoms with Crippen molar-refractivity contribution in [2.75, 3.05) is 32.7 Å². The molecule has 0 aromatic carbocycles. The number of hydrogen-bond acceptors (Lipinski definition) is 4. The van der Waals surface area contributed by atoms with Gasteiger partial charge in [0.15, 0.2) is 0 Å². The van der Waals surface area contributed by atoms with Crippen molar-refractivity contribution in [1.82, 2.24) is 9.80 Å². The molecule has 1 amide bonds. The molecule has 0 spiro atoms. The highest BCUT2D eigenvalue weighted by molar-refractivity contribution is 5.84. The Morgan fingerprint density at radius 2 is 2.12 bits per heavy atom. The third kappa shape index (κ3) is 3.17. The summed E-state index contributed by atoms with van der Waals surface area (Å²) in [5, 5.41) is 0. The number of carbonyl (C=O) groups excluding carboxylic acids is 1. The summed E-state index contributed by atoms with van der Waals surface area (Å²) >= 11 is 0. The minimum Gasteiger partial charge on any atom is -0.368 e. The van der Waals surface area contributed by atoms with Crippen LogP contribution in [0.1, 0.15) is 20.8 Å². The van der Waals surface area contributed by atoms with E-state index >= 15 is 0 Å². The number of piperazine rings is 1. The topological polar surface area (TPSA) is 75.6 Å². The molecule has 2 atom stereocenters. The van der Waals surface area contributed by atoms with E-state index in [2.05, 4.69) is 23.6 Å². The summed E-state index contributed by atoms with van der Waals surface area (Å²) in [5.74, 6) is -0.432. The Labute approximate surface area is 97.7 Å². The van der Waals surface area contributed by atoms with Gasteiger partial charge in [0.25, 0.3) is 0 Å². The molecule has 4 N–H and O–H groups in total. The maximum atomic E-state index is 11.2. The third-order valence-electron chi connectivity index (χ3n) is 3.37. The van der Waals surface area contributed by atoms with Crippen molar-refractivity contribution in [2.24, 2.45) is 11.5 Å². The largest absolute Gasteiger partial charge is 0.368 e. The Morgan fingerprint density at radius 1 is 1.50 bits per heavy atom. The second kappa shape index (κ2) is 5.12. The number of amides is 1. The molecule has 1 fully saturated rings. The fourth-order valence-electron chi connectivity index (χ4n) is 2.23. The molecule has 5 nitrogen and oxygen atoms in total. The van der Waals surface area contributed by atoms with Gasteiger partial charge in [0, 0.05) is 32.2 Å². The van der Waals surface area contributed by atoms with Crippen LogP contribution in [-0.2, 0) is 4.79 Å². The summed E-state index contributed by atoms with van der Waals surface area (Å²) < 4.78 is 0. The predicted molar refractivity (Wildman–Crippen MR) is 64.9 cm³/mol. The van der Waals surface area contributed by atoms with E-state index in [4.69, 9.17) is 11.5 Å². The van der Waals surface area contributed by atoms with Crippen LogP contribution in [0.4, 0.5) is 0 Å². The van der Waals surface area contributed by atoms with Gasteiger partial charge in [-0.3, -0.25) is 14.6 Å². The molecule has 0 saturated carbocycles. The molecule has 1 heterocycles. The second-order valence-corrected chi connectivity index (χ2v) is 4.99. The molecule has 1 rings (SSSR count). The smallest absolute Gasteiger partial charge is 0.238 e. The van der Waals surface area contributed by atoms with E-state index in [1.165, 1.54) is 0 Å². The molecular formula is C11H24N4O. The first-order valence-corrected chi connectivity index (χ1v) is 5.92. The van der Waals surface area contributed by atoms with Crippen molar-refractivity contribution >= 4 is 5.91 Å². The lowest BCUT2D eigenvalue weighted by molar-refractivity contribution is -0.123. The van der Waals surface area contributed by atoms with Gasteiger partial charge in [0.1, 0.15) is 5.54 Å². The number of nitrogens with two attached hydrogens (primary N) is 2. The standard InChI is InChI=1S/C11H24N4O/c1-4-15-6-5-14(7-9(15)2)8-11(3,13)10(12)16/h9H,4-8,13H2,1-3H3,(H2,12,16). The highest BCUT2D eigenvalue weighted by Gasteiger charge is 2.31. The second-order valence-electron chi connectivity index (χ2n) is 4.99. The van der Waals surface area contributed by atoms with Gasteiger partial charge in [-0.15, -0.1) is 0 Å². The van der Waals surface area contributed by atoms with Gasteiger partial charge in [-0.25, -0.2) is 0 Å². The van der Waals surface area contributed by atoms with Gasteiger partial charge in [0.05, 0.1) is 0 Å². The Balaban J connectivity index is 2.50. The summed E-state index contributed by atoms with van der Waals surface area (Å²) in [4.78, 5) is 15.8. The van der Waals surface area contributed by atoms with Crippen LogP contribution in [0.5, 0.6) is 0 Å². The van der Waals surface area contributed by atoms with E-state index in [-0.39, 0.29) is 0 Å². The first kappa shape index (κ1) is 13.4. The van der Waals surface area contributed by atoms with Crippen molar-refractivity contribution in [3.05, 3.63) is 0 Å². The van der Waals surface area contributed by atoms with Gasteiger partial charge in [-0.2, -0.15) is 0 Å². The molecular weight excluding hydrogens is 204 g/mol. The van der Waals surface area contributed by atoms with Gasteiger partial charge in [-0.05, 0) is 20.4 Å². The van der Waals surface area contributed by atoms with E-state index in [0.29, 0.717) is 12.6 Å². The molecule has 1 saturated heterocycles. The van der Waals surface area contributed by atoms with Crippen molar-refractivity contribution in [2.45, 2.75) is 32.4 Å². The Morgan fingerprint density at radius 3 is 2.56 bits per heavy atom. The molecule has 0 aromatic heterocycles. The number of nitrogens with zero attached hydrogens (tertiary/aromatic N) is 2. The first-order valence-electron chi connectivity index (χ1n) is 5.92. The zero-order valence-electron chi connectivity index (χ0n) is 10.6. The third-order valence-corrected chi connectivity index (χ3v) is 3.37. The highest BCUT2D eigenvalue weighted by Crippen LogP contribution is 2.11. The van der Waals surface area contributed by atoms with E-state index in [1.807, 2.05) is 0 Å². The normalized spacial score (nSPS) is 27.6. The van der Waals surface area contributed by atoms with Crippen LogP contribution in [0.2, 0.25) is 0 Å². The number of hydrogen-bond donors (Lipinski definition) is 2. The Kier molecular flexibility index (Phi) is 4.29. The summed E-state index contributed by atoms with van der Waals surface area (Å²) in [6.07, 6.45) is 0.